The van der Waals surface area contributed by atoms with Gasteiger partial charge in [-0.1, -0.05) is 95.9 Å². The molecule has 2 amide bonds. The molecule has 7 nitrogen and oxygen atoms in total. The fourth-order valence-corrected chi connectivity index (χ4v) is 7.42. The Hall–Kier alpha value is -4.02. The molecule has 10 heteroatoms. The van der Waals surface area contributed by atoms with Crippen molar-refractivity contribution >= 4 is 43.5 Å². The molecular weight excluding hydrogens is 669 g/mol. The molecule has 0 spiro atoms. The van der Waals surface area contributed by atoms with Crippen LogP contribution in [0.3, 0.4) is 0 Å². The molecule has 0 bridgehead atoms. The first-order valence-electron chi connectivity index (χ1n) is 15.4. The van der Waals surface area contributed by atoms with Crippen LogP contribution in [0.4, 0.5) is 10.1 Å². The van der Waals surface area contributed by atoms with Crippen LogP contribution >= 0.6 is 15.9 Å². The smallest absolute Gasteiger partial charge is 0.264 e. The molecule has 0 unspecified atom stereocenters. The highest BCUT2D eigenvalue weighted by molar-refractivity contribution is 9.10. The van der Waals surface area contributed by atoms with Crippen molar-refractivity contribution in [2.75, 3.05) is 10.8 Å². The van der Waals surface area contributed by atoms with E-state index < -0.39 is 34.3 Å². The Morgan fingerprint density at radius 3 is 2.04 bits per heavy atom. The van der Waals surface area contributed by atoms with Crippen molar-refractivity contribution in [2.45, 2.75) is 62.0 Å². The third kappa shape index (κ3) is 8.61. The maximum absolute atomic E-state index is 14.5. The third-order valence-corrected chi connectivity index (χ3v) is 10.5. The lowest BCUT2D eigenvalue weighted by Crippen LogP contribution is -2.55. The Labute approximate surface area is 278 Å². The maximum atomic E-state index is 14.5. The van der Waals surface area contributed by atoms with Gasteiger partial charge in [-0.25, -0.2) is 12.8 Å². The molecule has 4 aromatic carbocycles. The van der Waals surface area contributed by atoms with Gasteiger partial charge in [-0.3, -0.25) is 13.9 Å². The molecular formula is C36H37BrFN3O4S. The van der Waals surface area contributed by atoms with E-state index in [0.29, 0.717) is 0 Å². The molecule has 0 aromatic heterocycles. The van der Waals surface area contributed by atoms with Crippen molar-refractivity contribution < 1.29 is 22.4 Å². The summed E-state index contributed by atoms with van der Waals surface area (Å²) in [4.78, 5) is 30.0. The number of nitrogens with one attached hydrogen (secondary N) is 1. The molecule has 1 saturated carbocycles. The molecule has 1 fully saturated rings. The van der Waals surface area contributed by atoms with Gasteiger partial charge in [0.05, 0.1) is 10.6 Å². The van der Waals surface area contributed by atoms with Crippen LogP contribution in [0.2, 0.25) is 0 Å². The highest BCUT2D eigenvalue weighted by Gasteiger charge is 2.35. The van der Waals surface area contributed by atoms with Gasteiger partial charge in [-0.05, 0) is 72.5 Å². The van der Waals surface area contributed by atoms with Crippen molar-refractivity contribution in [3.63, 3.8) is 0 Å². The van der Waals surface area contributed by atoms with E-state index in [1.165, 1.54) is 17.0 Å². The molecule has 5 rings (SSSR count). The van der Waals surface area contributed by atoms with Gasteiger partial charge in [0.1, 0.15) is 18.4 Å². The van der Waals surface area contributed by atoms with Crippen molar-refractivity contribution in [3.8, 4) is 0 Å². The molecule has 1 atom stereocenters. The van der Waals surface area contributed by atoms with Crippen LogP contribution in [0.1, 0.15) is 43.2 Å². The average Bonchev–Trinajstić information content (AvgIpc) is 3.07. The molecule has 1 N–H and O–H groups in total. The van der Waals surface area contributed by atoms with Gasteiger partial charge in [0.25, 0.3) is 10.0 Å². The highest BCUT2D eigenvalue weighted by atomic mass is 79.9. The Kier molecular flexibility index (Phi) is 11.2. The summed E-state index contributed by atoms with van der Waals surface area (Å²) in [5, 5.41) is 3.21. The summed E-state index contributed by atoms with van der Waals surface area (Å²) in [7, 11) is -4.29. The van der Waals surface area contributed by atoms with Gasteiger partial charge in [-0.15, -0.1) is 0 Å². The number of amides is 2. The van der Waals surface area contributed by atoms with Crippen LogP contribution in [0.25, 0.3) is 0 Å². The van der Waals surface area contributed by atoms with E-state index in [4.69, 9.17) is 0 Å². The van der Waals surface area contributed by atoms with Crippen LogP contribution in [-0.4, -0.2) is 43.8 Å². The van der Waals surface area contributed by atoms with Gasteiger partial charge in [0, 0.05) is 23.5 Å². The van der Waals surface area contributed by atoms with E-state index in [1.807, 2.05) is 54.6 Å². The summed E-state index contributed by atoms with van der Waals surface area (Å²) >= 11 is 3.46. The number of hydrogen-bond acceptors (Lipinski definition) is 4. The number of hydrogen-bond donors (Lipinski definition) is 1. The van der Waals surface area contributed by atoms with Crippen molar-refractivity contribution in [1.82, 2.24) is 10.2 Å². The number of para-hydroxylation sites is 1. The number of anilines is 1. The van der Waals surface area contributed by atoms with Crippen molar-refractivity contribution in [1.29, 1.82) is 0 Å². The fourth-order valence-electron chi connectivity index (χ4n) is 5.74. The van der Waals surface area contributed by atoms with E-state index in [0.717, 1.165) is 64.1 Å². The largest absolute Gasteiger partial charge is 0.352 e. The van der Waals surface area contributed by atoms with Crippen LogP contribution < -0.4 is 9.62 Å². The van der Waals surface area contributed by atoms with E-state index in [1.54, 1.807) is 30.3 Å². The van der Waals surface area contributed by atoms with Crippen LogP contribution in [-0.2, 0) is 32.6 Å². The molecule has 4 aromatic rings. The molecule has 1 aliphatic rings. The van der Waals surface area contributed by atoms with Crippen molar-refractivity contribution in [2.24, 2.45) is 0 Å². The summed E-state index contributed by atoms with van der Waals surface area (Å²) in [5.41, 5.74) is 1.93. The van der Waals surface area contributed by atoms with Crippen molar-refractivity contribution in [3.05, 3.63) is 131 Å². The maximum Gasteiger partial charge on any atom is 0.264 e. The first kappa shape index (κ1) is 33.3. The number of rotatable bonds is 12. The summed E-state index contributed by atoms with van der Waals surface area (Å²) in [5.74, 6) is -1.39. The zero-order valence-electron chi connectivity index (χ0n) is 25.4. The fraction of sp³-hybridized carbons (Fsp3) is 0.278. The average molecular weight is 707 g/mol. The summed E-state index contributed by atoms with van der Waals surface area (Å²) in [6.07, 6.45) is 5.19. The lowest BCUT2D eigenvalue weighted by atomic mass is 9.94. The second kappa shape index (κ2) is 15.5. The zero-order valence-corrected chi connectivity index (χ0v) is 27.8. The Balaban J connectivity index is 1.54. The quantitative estimate of drug-likeness (QED) is 0.174. The summed E-state index contributed by atoms with van der Waals surface area (Å²) in [6.45, 7) is -0.483. The number of nitrogens with zero attached hydrogens (tertiary/aromatic N) is 2. The lowest BCUT2D eigenvalue weighted by molar-refractivity contribution is -0.140. The SMILES string of the molecule is O=C(NC1CCCCC1)[C@H](Cc1ccccc1)N(Cc1ccc(Br)cc1)C(=O)CN(c1ccccc1)S(=O)(=O)c1ccc(F)cc1. The molecule has 0 heterocycles. The monoisotopic (exact) mass is 705 g/mol. The summed E-state index contributed by atoms with van der Waals surface area (Å²) < 4.78 is 43.6. The topological polar surface area (TPSA) is 86.8 Å². The predicted molar refractivity (Wildman–Crippen MR) is 181 cm³/mol. The van der Waals surface area contributed by atoms with Crippen LogP contribution in [0, 0.1) is 5.82 Å². The number of carbonyl (C=O) groups is 2. The van der Waals surface area contributed by atoms with Crippen LogP contribution in [0.5, 0.6) is 0 Å². The Morgan fingerprint density at radius 2 is 1.41 bits per heavy atom. The second-order valence-corrected chi connectivity index (χ2v) is 14.3. The van der Waals surface area contributed by atoms with Gasteiger partial charge in [-0.2, -0.15) is 0 Å². The Bertz CT molecular complexity index is 1700. The molecule has 240 valence electrons. The molecule has 1 aliphatic carbocycles. The van der Waals surface area contributed by atoms with Gasteiger partial charge < -0.3 is 10.2 Å². The Morgan fingerprint density at radius 1 is 0.804 bits per heavy atom. The van der Waals surface area contributed by atoms with E-state index in [2.05, 4.69) is 21.2 Å². The number of halogens is 2. The minimum atomic E-state index is -4.29. The predicted octanol–water partition coefficient (Wildman–Crippen LogP) is 6.87. The van der Waals surface area contributed by atoms with E-state index in [-0.39, 0.29) is 35.5 Å². The number of sulfonamides is 1. The minimum Gasteiger partial charge on any atom is -0.352 e. The molecule has 0 radical (unpaired) electrons. The van der Waals surface area contributed by atoms with Crippen LogP contribution in [0.15, 0.2) is 119 Å². The van der Waals surface area contributed by atoms with E-state index >= 15 is 0 Å². The van der Waals surface area contributed by atoms with Gasteiger partial charge >= 0.3 is 0 Å². The normalized spacial score (nSPS) is 14.3. The number of benzene rings is 4. The lowest BCUT2D eigenvalue weighted by Gasteiger charge is -2.35. The highest BCUT2D eigenvalue weighted by Crippen LogP contribution is 2.26. The molecule has 0 saturated heterocycles. The first-order valence-corrected chi connectivity index (χ1v) is 17.7. The molecule has 46 heavy (non-hydrogen) atoms. The van der Waals surface area contributed by atoms with Gasteiger partial charge in [0.2, 0.25) is 11.8 Å². The third-order valence-electron chi connectivity index (χ3n) is 8.21. The standard InChI is InChI=1S/C36H37BrFN3O4S/c37-29-18-16-28(17-19-29)25-40(34(24-27-10-4-1-5-11-27)36(43)39-31-12-6-2-7-13-31)35(42)26-41(32-14-8-3-9-15-32)46(44,45)33-22-20-30(38)21-23-33/h1,3-5,8-11,14-23,31,34H,2,6-7,12-13,24-26H2,(H,39,43)/t34-/m0/s1. The van der Waals surface area contributed by atoms with E-state index in [9.17, 15) is 22.4 Å². The second-order valence-electron chi connectivity index (χ2n) is 11.5. The molecule has 0 aliphatic heterocycles. The first-order chi connectivity index (χ1) is 22.2. The minimum absolute atomic E-state index is 0.0174. The van der Waals surface area contributed by atoms with Gasteiger partial charge in [0.15, 0.2) is 0 Å². The number of carbonyl (C=O) groups excluding carboxylic acids is 2. The summed E-state index contributed by atoms with van der Waals surface area (Å²) in [6, 6.07) is 28.9. The zero-order chi connectivity index (χ0) is 32.5.